The number of carbonyl (C=O) groups is 1. The Balaban J connectivity index is 1.45. The summed E-state index contributed by atoms with van der Waals surface area (Å²) in [4.78, 5) is 26.8. The minimum atomic E-state index is 0.151. The van der Waals surface area contributed by atoms with Crippen LogP contribution in [0.2, 0.25) is 0 Å². The Morgan fingerprint density at radius 2 is 2.18 bits per heavy atom. The maximum Gasteiger partial charge on any atom is 0.278 e. The lowest BCUT2D eigenvalue weighted by Gasteiger charge is -2.29. The Kier molecular flexibility index (Phi) is 3.32. The van der Waals surface area contributed by atoms with Crippen molar-refractivity contribution in [2.45, 2.75) is 31.6 Å². The average Bonchev–Trinajstić information content (AvgIpc) is 3.15. The lowest BCUT2D eigenvalue weighted by Crippen LogP contribution is -2.37. The van der Waals surface area contributed by atoms with Crippen molar-refractivity contribution in [1.82, 2.24) is 25.0 Å². The topological polar surface area (TPSA) is 85.0 Å². The Hall–Kier alpha value is -2.31. The van der Waals surface area contributed by atoms with Gasteiger partial charge in [-0.1, -0.05) is 11.6 Å². The highest BCUT2D eigenvalue weighted by Crippen LogP contribution is 2.32. The van der Waals surface area contributed by atoms with Crippen molar-refractivity contribution in [3.63, 3.8) is 0 Å². The van der Waals surface area contributed by atoms with Gasteiger partial charge >= 0.3 is 0 Å². The zero-order chi connectivity index (χ0) is 14.9. The van der Waals surface area contributed by atoms with Gasteiger partial charge in [-0.3, -0.25) is 9.78 Å². The van der Waals surface area contributed by atoms with Gasteiger partial charge in [-0.05, 0) is 19.3 Å². The molecule has 3 heterocycles. The van der Waals surface area contributed by atoms with Crippen LogP contribution in [-0.4, -0.2) is 44.0 Å². The van der Waals surface area contributed by atoms with Crippen LogP contribution in [0.4, 0.5) is 0 Å². The molecule has 1 saturated heterocycles. The summed E-state index contributed by atoms with van der Waals surface area (Å²) in [6.45, 7) is 1.48. The second-order valence-electron chi connectivity index (χ2n) is 5.95. The fraction of sp³-hybridized carbons (Fsp3) is 0.533. The van der Waals surface area contributed by atoms with Crippen LogP contribution in [0.1, 0.15) is 37.4 Å². The Morgan fingerprint density at radius 3 is 2.91 bits per heavy atom. The molecule has 2 aliphatic rings. The third-order valence-electron chi connectivity index (χ3n) is 4.54. The third-order valence-corrected chi connectivity index (χ3v) is 4.54. The molecule has 1 unspecified atom stereocenters. The van der Waals surface area contributed by atoms with E-state index in [1.165, 1.54) is 6.42 Å². The lowest BCUT2D eigenvalue weighted by atomic mass is 9.84. The highest BCUT2D eigenvalue weighted by atomic mass is 16.5. The van der Waals surface area contributed by atoms with Crippen molar-refractivity contribution < 1.29 is 9.32 Å². The predicted octanol–water partition coefficient (Wildman–Crippen LogP) is 1.64. The van der Waals surface area contributed by atoms with Crippen LogP contribution in [0, 0.1) is 5.92 Å². The van der Waals surface area contributed by atoms with E-state index in [4.69, 9.17) is 4.52 Å². The molecule has 0 spiro atoms. The van der Waals surface area contributed by atoms with Crippen molar-refractivity contribution in [3.8, 4) is 11.6 Å². The molecule has 0 aromatic carbocycles. The van der Waals surface area contributed by atoms with E-state index < -0.39 is 0 Å². The first-order valence-electron chi connectivity index (χ1n) is 7.70. The molecule has 114 valence electrons. The number of hydrogen-bond donors (Lipinski definition) is 0. The molecular weight excluding hydrogens is 282 g/mol. The van der Waals surface area contributed by atoms with Gasteiger partial charge in [-0.25, -0.2) is 4.98 Å². The van der Waals surface area contributed by atoms with Gasteiger partial charge in [0.25, 0.3) is 5.89 Å². The fourth-order valence-corrected chi connectivity index (χ4v) is 3.00. The van der Waals surface area contributed by atoms with Crippen LogP contribution >= 0.6 is 0 Å². The maximum atomic E-state index is 12.3. The van der Waals surface area contributed by atoms with Crippen LogP contribution in [-0.2, 0) is 4.79 Å². The summed E-state index contributed by atoms with van der Waals surface area (Å²) in [7, 11) is 0. The molecule has 0 bridgehead atoms. The van der Waals surface area contributed by atoms with E-state index >= 15 is 0 Å². The van der Waals surface area contributed by atoms with Crippen molar-refractivity contribution >= 4 is 5.91 Å². The fourth-order valence-electron chi connectivity index (χ4n) is 3.00. The monoisotopic (exact) mass is 299 g/mol. The number of likely N-dealkylation sites (tertiary alicyclic amines) is 1. The van der Waals surface area contributed by atoms with Gasteiger partial charge in [0.05, 0.1) is 6.20 Å². The molecule has 1 amide bonds. The highest BCUT2D eigenvalue weighted by Gasteiger charge is 2.35. The van der Waals surface area contributed by atoms with Crippen LogP contribution in [0.3, 0.4) is 0 Å². The van der Waals surface area contributed by atoms with Gasteiger partial charge in [-0.15, -0.1) is 0 Å². The minimum absolute atomic E-state index is 0.151. The third kappa shape index (κ3) is 2.36. The number of amides is 1. The van der Waals surface area contributed by atoms with Crippen molar-refractivity contribution in [2.75, 3.05) is 13.1 Å². The van der Waals surface area contributed by atoms with E-state index in [1.54, 1.807) is 18.6 Å². The summed E-state index contributed by atoms with van der Waals surface area (Å²) in [5, 5.41) is 4.06. The van der Waals surface area contributed by atoms with E-state index in [1.807, 2.05) is 4.90 Å². The SMILES string of the molecule is O=C(C1CCC1)N1CCC(c2noc(-c3cnccn3)n2)C1. The molecule has 1 aliphatic heterocycles. The number of hydrogen-bond acceptors (Lipinski definition) is 6. The second kappa shape index (κ2) is 5.47. The molecule has 0 N–H and O–H groups in total. The van der Waals surface area contributed by atoms with Crippen molar-refractivity contribution in [1.29, 1.82) is 0 Å². The number of carbonyl (C=O) groups excluding carboxylic acids is 1. The highest BCUT2D eigenvalue weighted by molar-refractivity contribution is 5.80. The van der Waals surface area contributed by atoms with Crippen LogP contribution < -0.4 is 0 Å². The molecule has 4 rings (SSSR count). The first kappa shape index (κ1) is 13.4. The lowest BCUT2D eigenvalue weighted by molar-refractivity contribution is -0.137. The minimum Gasteiger partial charge on any atom is -0.342 e. The van der Waals surface area contributed by atoms with Crippen LogP contribution in [0.25, 0.3) is 11.6 Å². The second-order valence-corrected chi connectivity index (χ2v) is 5.95. The number of rotatable bonds is 3. The molecule has 1 atom stereocenters. The van der Waals surface area contributed by atoms with Gasteiger partial charge in [0.2, 0.25) is 5.91 Å². The first-order chi connectivity index (χ1) is 10.8. The summed E-state index contributed by atoms with van der Waals surface area (Å²) < 4.78 is 5.27. The number of aromatic nitrogens is 4. The predicted molar refractivity (Wildman–Crippen MR) is 76.6 cm³/mol. The van der Waals surface area contributed by atoms with E-state index in [0.717, 1.165) is 25.8 Å². The Labute approximate surface area is 127 Å². The first-order valence-corrected chi connectivity index (χ1v) is 7.70. The summed E-state index contributed by atoms with van der Waals surface area (Å²) in [6, 6.07) is 0. The smallest absolute Gasteiger partial charge is 0.278 e. The van der Waals surface area contributed by atoms with E-state index in [9.17, 15) is 4.79 Å². The van der Waals surface area contributed by atoms with Gasteiger partial charge in [-0.2, -0.15) is 4.98 Å². The summed E-state index contributed by atoms with van der Waals surface area (Å²) in [6.07, 6.45) is 8.93. The number of nitrogens with zero attached hydrogens (tertiary/aromatic N) is 5. The Bertz CT molecular complexity index is 668. The zero-order valence-electron chi connectivity index (χ0n) is 12.2. The largest absolute Gasteiger partial charge is 0.342 e. The van der Waals surface area contributed by atoms with Gasteiger partial charge in [0, 0.05) is 37.3 Å². The zero-order valence-corrected chi connectivity index (χ0v) is 12.2. The molecule has 2 aromatic rings. The summed E-state index contributed by atoms with van der Waals surface area (Å²) in [5.74, 6) is 1.74. The average molecular weight is 299 g/mol. The molecule has 7 nitrogen and oxygen atoms in total. The van der Waals surface area contributed by atoms with Gasteiger partial charge < -0.3 is 9.42 Å². The molecule has 22 heavy (non-hydrogen) atoms. The molecular formula is C15H17N5O2. The molecule has 7 heteroatoms. The summed E-state index contributed by atoms with van der Waals surface area (Å²) in [5.41, 5.74) is 0.571. The molecule has 1 saturated carbocycles. The van der Waals surface area contributed by atoms with Gasteiger partial charge in [0.1, 0.15) is 5.69 Å². The van der Waals surface area contributed by atoms with Crippen LogP contribution in [0.15, 0.2) is 23.1 Å². The summed E-state index contributed by atoms with van der Waals surface area (Å²) >= 11 is 0. The van der Waals surface area contributed by atoms with Crippen molar-refractivity contribution in [2.24, 2.45) is 5.92 Å². The Morgan fingerprint density at radius 1 is 1.27 bits per heavy atom. The molecule has 0 radical (unpaired) electrons. The quantitative estimate of drug-likeness (QED) is 0.856. The normalized spacial score (nSPS) is 21.8. The molecule has 2 aromatic heterocycles. The molecule has 1 aliphatic carbocycles. The van der Waals surface area contributed by atoms with Crippen LogP contribution in [0.5, 0.6) is 0 Å². The standard InChI is InChI=1S/C15H17N5O2/c21-15(10-2-1-3-10)20-7-4-11(9-20)13-18-14(22-19-13)12-8-16-5-6-17-12/h5-6,8,10-11H,1-4,7,9H2. The van der Waals surface area contributed by atoms with Crippen molar-refractivity contribution in [3.05, 3.63) is 24.4 Å². The van der Waals surface area contributed by atoms with E-state index in [-0.39, 0.29) is 11.8 Å². The molecule has 2 fully saturated rings. The maximum absolute atomic E-state index is 12.3. The van der Waals surface area contributed by atoms with Gasteiger partial charge in [0.15, 0.2) is 5.82 Å². The van der Waals surface area contributed by atoms with E-state index in [0.29, 0.717) is 29.9 Å². The van der Waals surface area contributed by atoms with E-state index in [2.05, 4.69) is 20.1 Å².